The van der Waals surface area contributed by atoms with Gasteiger partial charge in [0.2, 0.25) is 0 Å². The first-order valence-electron chi connectivity index (χ1n) is 3.11. The summed E-state index contributed by atoms with van der Waals surface area (Å²) in [6.45, 7) is 1.90. The molecule has 0 atom stereocenters. The van der Waals surface area contributed by atoms with Crippen LogP contribution < -0.4 is 5.73 Å². The standard InChI is InChI=1S/C8H7BrN2/c1-5-7(9)2-6(4-10)3-8(5)11/h2-3H,11H2,1H3. The van der Waals surface area contributed by atoms with Gasteiger partial charge in [0.15, 0.2) is 0 Å². The lowest BCUT2D eigenvalue weighted by Crippen LogP contribution is -1.91. The van der Waals surface area contributed by atoms with Crippen molar-refractivity contribution in [3.63, 3.8) is 0 Å². The Morgan fingerprint density at radius 2 is 2.18 bits per heavy atom. The highest BCUT2D eigenvalue weighted by atomic mass is 79.9. The number of nitriles is 1. The second-order valence-corrected chi connectivity index (χ2v) is 3.14. The highest BCUT2D eigenvalue weighted by Gasteiger charge is 2.00. The Bertz CT molecular complexity index is 302. The number of hydrogen-bond donors (Lipinski definition) is 1. The average molecular weight is 211 g/mol. The van der Waals surface area contributed by atoms with E-state index in [1.165, 1.54) is 0 Å². The van der Waals surface area contributed by atoms with E-state index in [2.05, 4.69) is 15.9 Å². The van der Waals surface area contributed by atoms with Crippen molar-refractivity contribution in [2.24, 2.45) is 0 Å². The molecule has 0 saturated heterocycles. The fourth-order valence-corrected chi connectivity index (χ4v) is 1.24. The summed E-state index contributed by atoms with van der Waals surface area (Å²) in [4.78, 5) is 0. The van der Waals surface area contributed by atoms with E-state index in [9.17, 15) is 0 Å². The summed E-state index contributed by atoms with van der Waals surface area (Å²) >= 11 is 3.31. The molecule has 0 aliphatic rings. The van der Waals surface area contributed by atoms with Crippen molar-refractivity contribution in [1.29, 1.82) is 5.26 Å². The van der Waals surface area contributed by atoms with Crippen molar-refractivity contribution in [1.82, 2.24) is 0 Å². The topological polar surface area (TPSA) is 49.8 Å². The minimum absolute atomic E-state index is 0.583. The van der Waals surface area contributed by atoms with E-state index >= 15 is 0 Å². The van der Waals surface area contributed by atoms with Crippen LogP contribution in [-0.2, 0) is 0 Å². The Labute approximate surface area is 73.8 Å². The van der Waals surface area contributed by atoms with Gasteiger partial charge in [-0.2, -0.15) is 5.26 Å². The third-order valence-corrected chi connectivity index (χ3v) is 2.34. The Morgan fingerprint density at radius 3 is 2.64 bits per heavy atom. The van der Waals surface area contributed by atoms with Gasteiger partial charge in [0.05, 0.1) is 11.6 Å². The smallest absolute Gasteiger partial charge is 0.0992 e. The fraction of sp³-hybridized carbons (Fsp3) is 0.125. The highest BCUT2D eigenvalue weighted by molar-refractivity contribution is 9.10. The third kappa shape index (κ3) is 1.52. The van der Waals surface area contributed by atoms with Crippen LogP contribution in [0.15, 0.2) is 16.6 Å². The normalized spacial score (nSPS) is 9.18. The number of nitrogen functional groups attached to an aromatic ring is 1. The lowest BCUT2D eigenvalue weighted by Gasteiger charge is -2.01. The van der Waals surface area contributed by atoms with Gasteiger partial charge >= 0.3 is 0 Å². The predicted molar refractivity (Wildman–Crippen MR) is 48.0 cm³/mol. The maximum absolute atomic E-state index is 8.55. The molecule has 1 aromatic carbocycles. The van der Waals surface area contributed by atoms with Crippen LogP contribution >= 0.6 is 15.9 Å². The Balaban J connectivity index is 3.35. The van der Waals surface area contributed by atoms with Crippen LogP contribution in [0.1, 0.15) is 11.1 Å². The molecule has 0 fully saturated rings. The summed E-state index contributed by atoms with van der Waals surface area (Å²) in [6, 6.07) is 5.45. The first-order valence-corrected chi connectivity index (χ1v) is 3.90. The summed E-state index contributed by atoms with van der Waals surface area (Å²) in [6.07, 6.45) is 0. The zero-order valence-corrected chi connectivity index (χ0v) is 7.64. The molecular formula is C8H7BrN2. The van der Waals surface area contributed by atoms with Gasteiger partial charge in [0, 0.05) is 10.2 Å². The molecule has 0 radical (unpaired) electrons. The molecule has 56 valence electrons. The molecule has 0 bridgehead atoms. The predicted octanol–water partition coefficient (Wildman–Crippen LogP) is 2.21. The van der Waals surface area contributed by atoms with Gasteiger partial charge in [0.25, 0.3) is 0 Å². The van der Waals surface area contributed by atoms with Crippen molar-refractivity contribution >= 4 is 21.6 Å². The molecule has 2 N–H and O–H groups in total. The van der Waals surface area contributed by atoms with Crippen LogP contribution in [0.2, 0.25) is 0 Å². The molecule has 0 spiro atoms. The fourth-order valence-electron chi connectivity index (χ4n) is 0.765. The van der Waals surface area contributed by atoms with Gasteiger partial charge in [0.1, 0.15) is 0 Å². The molecule has 1 rings (SSSR count). The van der Waals surface area contributed by atoms with Crippen molar-refractivity contribution in [2.45, 2.75) is 6.92 Å². The van der Waals surface area contributed by atoms with E-state index in [1.54, 1.807) is 12.1 Å². The molecular weight excluding hydrogens is 204 g/mol. The second-order valence-electron chi connectivity index (χ2n) is 2.28. The number of nitrogens with two attached hydrogens (primary N) is 1. The molecule has 1 aromatic rings. The number of rotatable bonds is 0. The molecule has 2 nitrogen and oxygen atoms in total. The number of halogens is 1. The van der Waals surface area contributed by atoms with Crippen molar-refractivity contribution in [3.05, 3.63) is 27.7 Å². The van der Waals surface area contributed by atoms with E-state index in [0.717, 1.165) is 10.0 Å². The largest absolute Gasteiger partial charge is 0.398 e. The van der Waals surface area contributed by atoms with Crippen LogP contribution in [0.5, 0.6) is 0 Å². The zero-order valence-electron chi connectivity index (χ0n) is 6.06. The first kappa shape index (κ1) is 8.09. The molecule has 0 saturated carbocycles. The highest BCUT2D eigenvalue weighted by Crippen LogP contribution is 2.23. The Hall–Kier alpha value is -1.01. The monoisotopic (exact) mass is 210 g/mol. The van der Waals surface area contributed by atoms with Crippen molar-refractivity contribution < 1.29 is 0 Å². The van der Waals surface area contributed by atoms with Crippen LogP contribution in [0.3, 0.4) is 0 Å². The number of anilines is 1. The van der Waals surface area contributed by atoms with E-state index in [4.69, 9.17) is 11.0 Å². The summed E-state index contributed by atoms with van der Waals surface area (Å²) in [5.41, 5.74) is 7.82. The quantitative estimate of drug-likeness (QED) is 0.668. The van der Waals surface area contributed by atoms with Gasteiger partial charge < -0.3 is 5.73 Å². The maximum atomic E-state index is 8.55. The minimum Gasteiger partial charge on any atom is -0.398 e. The first-order chi connectivity index (χ1) is 5.15. The summed E-state index contributed by atoms with van der Waals surface area (Å²) in [7, 11) is 0. The number of nitrogens with zero attached hydrogens (tertiary/aromatic N) is 1. The second kappa shape index (κ2) is 2.93. The van der Waals surface area contributed by atoms with E-state index in [0.29, 0.717) is 11.3 Å². The van der Waals surface area contributed by atoms with Gasteiger partial charge in [-0.1, -0.05) is 15.9 Å². The Morgan fingerprint density at radius 1 is 1.55 bits per heavy atom. The van der Waals surface area contributed by atoms with E-state index < -0.39 is 0 Å². The van der Waals surface area contributed by atoms with Crippen LogP contribution in [0.25, 0.3) is 0 Å². The lowest BCUT2D eigenvalue weighted by molar-refractivity contribution is 1.40. The average Bonchev–Trinajstić information content (AvgIpc) is 1.99. The van der Waals surface area contributed by atoms with Crippen molar-refractivity contribution in [2.75, 3.05) is 5.73 Å². The van der Waals surface area contributed by atoms with Crippen LogP contribution in [0.4, 0.5) is 5.69 Å². The van der Waals surface area contributed by atoms with Gasteiger partial charge in [-0.25, -0.2) is 0 Å². The van der Waals surface area contributed by atoms with Crippen LogP contribution in [0, 0.1) is 18.3 Å². The molecule has 3 heteroatoms. The minimum atomic E-state index is 0.583. The number of benzene rings is 1. The molecule has 0 aliphatic carbocycles. The maximum Gasteiger partial charge on any atom is 0.0992 e. The summed E-state index contributed by atoms with van der Waals surface area (Å²) in [5, 5.41) is 8.55. The van der Waals surface area contributed by atoms with Crippen molar-refractivity contribution in [3.8, 4) is 6.07 Å². The molecule has 0 aromatic heterocycles. The molecule has 0 amide bonds. The SMILES string of the molecule is Cc1c(N)cc(C#N)cc1Br. The lowest BCUT2D eigenvalue weighted by atomic mass is 10.1. The summed E-state index contributed by atoms with van der Waals surface area (Å²) in [5.74, 6) is 0. The zero-order chi connectivity index (χ0) is 8.43. The van der Waals surface area contributed by atoms with Gasteiger partial charge in [-0.05, 0) is 24.6 Å². The molecule has 0 heterocycles. The molecule has 11 heavy (non-hydrogen) atoms. The number of hydrogen-bond acceptors (Lipinski definition) is 2. The summed E-state index contributed by atoms with van der Waals surface area (Å²) < 4.78 is 0.883. The Kier molecular flexibility index (Phi) is 2.16. The molecule has 0 aliphatic heterocycles. The van der Waals surface area contributed by atoms with Crippen LogP contribution in [-0.4, -0.2) is 0 Å². The van der Waals surface area contributed by atoms with E-state index in [-0.39, 0.29) is 0 Å². The van der Waals surface area contributed by atoms with Gasteiger partial charge in [-0.15, -0.1) is 0 Å². The molecule has 0 unspecified atom stereocenters. The van der Waals surface area contributed by atoms with Gasteiger partial charge in [-0.3, -0.25) is 0 Å². The third-order valence-electron chi connectivity index (χ3n) is 1.51. The van der Waals surface area contributed by atoms with E-state index in [1.807, 2.05) is 13.0 Å².